The van der Waals surface area contributed by atoms with Crippen molar-refractivity contribution in [1.82, 2.24) is 4.98 Å². The van der Waals surface area contributed by atoms with E-state index in [1.54, 1.807) is 32.2 Å². The van der Waals surface area contributed by atoms with Crippen LogP contribution in [0, 0.1) is 19.7 Å². The molecule has 1 amide bonds. The fourth-order valence-electron chi connectivity index (χ4n) is 1.77. The van der Waals surface area contributed by atoms with Gasteiger partial charge in [0, 0.05) is 11.9 Å². The molecule has 98 valence electrons. The van der Waals surface area contributed by atoms with E-state index in [2.05, 4.69) is 10.3 Å². The van der Waals surface area contributed by atoms with Crippen LogP contribution in [0.3, 0.4) is 0 Å². The maximum atomic E-state index is 13.9. The molecule has 0 radical (unpaired) electrons. The first-order chi connectivity index (χ1) is 8.99. The van der Waals surface area contributed by atoms with Crippen LogP contribution in [0.15, 0.2) is 30.5 Å². The molecule has 0 fully saturated rings. The summed E-state index contributed by atoms with van der Waals surface area (Å²) < 4.78 is 13.9. The molecule has 0 saturated heterocycles. The Kier molecular flexibility index (Phi) is 3.46. The fraction of sp³-hybridized carbons (Fsp3) is 0.143. The minimum absolute atomic E-state index is 0.0687. The zero-order chi connectivity index (χ0) is 14.0. The first-order valence-corrected chi connectivity index (χ1v) is 5.77. The van der Waals surface area contributed by atoms with E-state index >= 15 is 0 Å². The quantitative estimate of drug-likeness (QED) is 0.815. The lowest BCUT2D eigenvalue weighted by atomic mass is 10.1. The molecular weight excluding hydrogens is 245 g/mol. The zero-order valence-corrected chi connectivity index (χ0v) is 10.7. The molecule has 1 aromatic heterocycles. The van der Waals surface area contributed by atoms with E-state index in [1.807, 2.05) is 0 Å². The largest absolute Gasteiger partial charge is 0.399 e. The third-order valence-electron chi connectivity index (χ3n) is 2.78. The van der Waals surface area contributed by atoms with Gasteiger partial charge in [0.1, 0.15) is 5.82 Å². The van der Waals surface area contributed by atoms with Crippen molar-refractivity contribution < 1.29 is 9.18 Å². The van der Waals surface area contributed by atoms with Crippen molar-refractivity contribution in [3.8, 4) is 0 Å². The van der Waals surface area contributed by atoms with Gasteiger partial charge in [-0.05, 0) is 43.7 Å². The molecule has 0 aliphatic rings. The molecule has 0 aliphatic carbocycles. The Balaban J connectivity index is 2.33. The van der Waals surface area contributed by atoms with Crippen LogP contribution in [0.2, 0.25) is 0 Å². The Labute approximate surface area is 110 Å². The number of hydrogen-bond acceptors (Lipinski definition) is 3. The monoisotopic (exact) mass is 259 g/mol. The molecule has 19 heavy (non-hydrogen) atoms. The summed E-state index contributed by atoms with van der Waals surface area (Å²) in [5.74, 6) is -1.10. The molecule has 1 heterocycles. The number of anilines is 2. The molecule has 2 rings (SSSR count). The third-order valence-corrected chi connectivity index (χ3v) is 2.78. The van der Waals surface area contributed by atoms with Crippen LogP contribution in [-0.4, -0.2) is 10.9 Å². The molecule has 1 aromatic carbocycles. The number of benzene rings is 1. The van der Waals surface area contributed by atoms with E-state index in [-0.39, 0.29) is 5.56 Å². The van der Waals surface area contributed by atoms with Gasteiger partial charge in [0.2, 0.25) is 0 Å². The van der Waals surface area contributed by atoms with Gasteiger partial charge in [0.25, 0.3) is 5.91 Å². The lowest BCUT2D eigenvalue weighted by Gasteiger charge is -2.10. The van der Waals surface area contributed by atoms with Crippen molar-refractivity contribution in [2.75, 3.05) is 11.1 Å². The molecule has 2 aromatic rings. The van der Waals surface area contributed by atoms with Crippen LogP contribution in [-0.2, 0) is 0 Å². The van der Waals surface area contributed by atoms with Crippen molar-refractivity contribution in [3.05, 3.63) is 53.1 Å². The van der Waals surface area contributed by atoms with Crippen LogP contribution < -0.4 is 11.1 Å². The van der Waals surface area contributed by atoms with E-state index in [1.165, 1.54) is 12.1 Å². The number of rotatable bonds is 2. The number of carbonyl (C=O) groups is 1. The van der Waals surface area contributed by atoms with E-state index in [0.717, 1.165) is 0 Å². The van der Waals surface area contributed by atoms with Gasteiger partial charge >= 0.3 is 0 Å². The Morgan fingerprint density at radius 2 is 2.11 bits per heavy atom. The number of halogens is 1. The van der Waals surface area contributed by atoms with Gasteiger partial charge in [-0.25, -0.2) is 4.39 Å². The van der Waals surface area contributed by atoms with E-state index < -0.39 is 11.7 Å². The molecular formula is C14H14FN3O. The first-order valence-electron chi connectivity index (χ1n) is 5.77. The Bertz CT molecular complexity index is 641. The number of pyridine rings is 1. The summed E-state index contributed by atoms with van der Waals surface area (Å²) in [6.45, 7) is 3.33. The summed E-state index contributed by atoms with van der Waals surface area (Å²) in [5.41, 5.74) is 7.47. The average Bonchev–Trinajstić information content (AvgIpc) is 2.36. The average molecular weight is 259 g/mol. The second kappa shape index (κ2) is 5.06. The highest BCUT2D eigenvalue weighted by atomic mass is 19.1. The topological polar surface area (TPSA) is 68.0 Å². The zero-order valence-electron chi connectivity index (χ0n) is 10.7. The van der Waals surface area contributed by atoms with Crippen LogP contribution in [0.5, 0.6) is 0 Å². The molecule has 0 saturated carbocycles. The van der Waals surface area contributed by atoms with Crippen LogP contribution in [0.25, 0.3) is 0 Å². The summed E-state index contributed by atoms with van der Waals surface area (Å²) in [4.78, 5) is 16.1. The molecule has 0 atom stereocenters. The van der Waals surface area contributed by atoms with Crippen LogP contribution in [0.1, 0.15) is 21.6 Å². The molecule has 3 N–H and O–H groups in total. The maximum Gasteiger partial charge on any atom is 0.258 e. The first kappa shape index (κ1) is 13.0. The number of aromatic nitrogens is 1. The third kappa shape index (κ3) is 2.70. The number of aryl methyl sites for hydroxylation is 2. The van der Waals surface area contributed by atoms with Gasteiger partial charge in [0.05, 0.1) is 16.9 Å². The van der Waals surface area contributed by atoms with Gasteiger partial charge in [-0.15, -0.1) is 0 Å². The van der Waals surface area contributed by atoms with Gasteiger partial charge in [-0.2, -0.15) is 0 Å². The van der Waals surface area contributed by atoms with Crippen molar-refractivity contribution in [1.29, 1.82) is 0 Å². The lowest BCUT2D eigenvalue weighted by molar-refractivity contribution is 0.102. The predicted octanol–water partition coefficient (Wildman–Crippen LogP) is 2.67. The maximum absolute atomic E-state index is 13.9. The van der Waals surface area contributed by atoms with Gasteiger partial charge in [0.15, 0.2) is 0 Å². The molecule has 0 aliphatic heterocycles. The lowest BCUT2D eigenvalue weighted by Crippen LogP contribution is -2.16. The van der Waals surface area contributed by atoms with E-state index in [9.17, 15) is 9.18 Å². The summed E-state index contributed by atoms with van der Waals surface area (Å²) in [6, 6.07) is 6.21. The summed E-state index contributed by atoms with van der Waals surface area (Å²) >= 11 is 0. The van der Waals surface area contributed by atoms with Gasteiger partial charge < -0.3 is 11.1 Å². The Morgan fingerprint density at radius 1 is 1.37 bits per heavy atom. The predicted molar refractivity (Wildman–Crippen MR) is 72.5 cm³/mol. The van der Waals surface area contributed by atoms with Gasteiger partial charge in [-0.1, -0.05) is 0 Å². The minimum atomic E-state index is -0.562. The van der Waals surface area contributed by atoms with Gasteiger partial charge in [-0.3, -0.25) is 9.78 Å². The van der Waals surface area contributed by atoms with E-state index in [0.29, 0.717) is 22.6 Å². The van der Waals surface area contributed by atoms with Crippen LogP contribution >= 0.6 is 0 Å². The molecule has 0 spiro atoms. The Morgan fingerprint density at radius 3 is 2.79 bits per heavy atom. The van der Waals surface area contributed by atoms with Crippen LogP contribution in [0.4, 0.5) is 15.8 Å². The highest BCUT2D eigenvalue weighted by Crippen LogP contribution is 2.19. The summed E-state index contributed by atoms with van der Waals surface area (Å²) in [6.07, 6.45) is 1.62. The summed E-state index contributed by atoms with van der Waals surface area (Å²) in [7, 11) is 0. The van der Waals surface area contributed by atoms with Crippen molar-refractivity contribution in [3.63, 3.8) is 0 Å². The van der Waals surface area contributed by atoms with Crippen molar-refractivity contribution in [2.24, 2.45) is 0 Å². The number of amides is 1. The molecule has 0 unspecified atom stereocenters. The second-order valence-corrected chi connectivity index (χ2v) is 4.29. The second-order valence-electron chi connectivity index (χ2n) is 4.29. The van der Waals surface area contributed by atoms with Crippen molar-refractivity contribution >= 4 is 17.3 Å². The number of nitrogens with two attached hydrogens (primary N) is 1. The summed E-state index contributed by atoms with van der Waals surface area (Å²) in [5, 5.41) is 2.62. The Hall–Kier alpha value is -2.43. The smallest absolute Gasteiger partial charge is 0.258 e. The normalized spacial score (nSPS) is 10.3. The molecule has 5 heteroatoms. The number of nitrogen functional groups attached to an aromatic ring is 1. The fourth-order valence-corrected chi connectivity index (χ4v) is 1.77. The number of carbonyl (C=O) groups excluding carboxylic acids is 1. The molecule has 0 bridgehead atoms. The highest BCUT2D eigenvalue weighted by molar-refractivity contribution is 6.05. The van der Waals surface area contributed by atoms with E-state index in [4.69, 9.17) is 5.73 Å². The minimum Gasteiger partial charge on any atom is -0.399 e. The number of hydrogen-bond donors (Lipinski definition) is 2. The molecule has 4 nitrogen and oxygen atoms in total. The highest BCUT2D eigenvalue weighted by Gasteiger charge is 2.15. The van der Waals surface area contributed by atoms with Crippen molar-refractivity contribution in [2.45, 2.75) is 13.8 Å². The number of nitrogens with one attached hydrogen (secondary N) is 1. The number of nitrogens with zero attached hydrogens (tertiary/aromatic N) is 1. The SMILES string of the molecule is Cc1cc(N)cc(C(=O)Nc2cccnc2C)c1F. The standard InChI is InChI=1S/C14H14FN3O/c1-8-6-10(16)7-11(13(8)15)14(19)18-12-4-3-5-17-9(12)2/h3-7H,16H2,1-2H3,(H,18,19).